The first-order chi connectivity index (χ1) is 10.6. The van der Waals surface area contributed by atoms with Crippen molar-refractivity contribution in [2.45, 2.75) is 13.0 Å². The largest absolute Gasteiger partial charge is 0.494 e. The van der Waals surface area contributed by atoms with Crippen LogP contribution in [0.5, 0.6) is 5.75 Å². The number of halogens is 1. The van der Waals surface area contributed by atoms with E-state index in [2.05, 4.69) is 5.32 Å². The standard InChI is InChI=1S/C16H17FN2O3/c1-22-14-6-5-12(10-13(14)17)11-15(20)18-7-9-19-8-3-2-4-16(19)21/h2-6,8,10H,7,9,11H2,1H3,(H,18,20). The Labute approximate surface area is 127 Å². The second-order valence-corrected chi connectivity index (χ2v) is 4.73. The van der Waals surface area contributed by atoms with Gasteiger partial charge in [-0.05, 0) is 23.8 Å². The smallest absolute Gasteiger partial charge is 0.250 e. The number of nitrogens with zero attached hydrogens (tertiary/aromatic N) is 1. The van der Waals surface area contributed by atoms with Crippen molar-refractivity contribution in [3.05, 3.63) is 64.3 Å². The van der Waals surface area contributed by atoms with Gasteiger partial charge in [0.25, 0.3) is 5.56 Å². The van der Waals surface area contributed by atoms with Gasteiger partial charge in [0.2, 0.25) is 5.91 Å². The number of carbonyl (C=O) groups excluding carboxylic acids is 1. The molecule has 0 atom stereocenters. The van der Waals surface area contributed by atoms with Crippen LogP contribution >= 0.6 is 0 Å². The van der Waals surface area contributed by atoms with Gasteiger partial charge in [-0.25, -0.2) is 4.39 Å². The van der Waals surface area contributed by atoms with Crippen LogP contribution < -0.4 is 15.6 Å². The normalized spacial score (nSPS) is 10.3. The summed E-state index contributed by atoms with van der Waals surface area (Å²) in [6.45, 7) is 0.726. The minimum atomic E-state index is -0.497. The predicted octanol–water partition coefficient (Wildman–Crippen LogP) is 1.35. The molecule has 0 saturated carbocycles. The molecule has 0 aliphatic carbocycles. The molecule has 0 radical (unpaired) electrons. The van der Waals surface area contributed by atoms with Crippen LogP contribution in [0.15, 0.2) is 47.4 Å². The van der Waals surface area contributed by atoms with Crippen LogP contribution in [0, 0.1) is 5.82 Å². The Morgan fingerprint density at radius 2 is 2.14 bits per heavy atom. The molecule has 2 aromatic rings. The Kier molecular flexibility index (Phi) is 5.30. The number of benzene rings is 1. The molecule has 6 heteroatoms. The maximum absolute atomic E-state index is 13.5. The number of aromatic nitrogens is 1. The highest BCUT2D eigenvalue weighted by atomic mass is 19.1. The predicted molar refractivity (Wildman–Crippen MR) is 80.4 cm³/mol. The zero-order valence-corrected chi connectivity index (χ0v) is 12.2. The number of rotatable bonds is 6. The SMILES string of the molecule is COc1ccc(CC(=O)NCCn2ccccc2=O)cc1F. The van der Waals surface area contributed by atoms with Crippen molar-refractivity contribution in [2.75, 3.05) is 13.7 Å². The van der Waals surface area contributed by atoms with Crippen molar-refractivity contribution in [1.29, 1.82) is 0 Å². The van der Waals surface area contributed by atoms with Crippen molar-refractivity contribution < 1.29 is 13.9 Å². The van der Waals surface area contributed by atoms with Crippen LogP contribution in [0.2, 0.25) is 0 Å². The number of hydrogen-bond acceptors (Lipinski definition) is 3. The lowest BCUT2D eigenvalue weighted by Crippen LogP contribution is -2.31. The summed E-state index contributed by atoms with van der Waals surface area (Å²) < 4.78 is 19.9. The summed E-state index contributed by atoms with van der Waals surface area (Å²) in [4.78, 5) is 23.3. The van der Waals surface area contributed by atoms with Gasteiger partial charge in [0.05, 0.1) is 13.5 Å². The van der Waals surface area contributed by atoms with Crippen LogP contribution in [0.4, 0.5) is 4.39 Å². The summed E-state index contributed by atoms with van der Waals surface area (Å²) in [5.41, 5.74) is 0.446. The van der Waals surface area contributed by atoms with E-state index in [1.54, 1.807) is 24.4 Å². The van der Waals surface area contributed by atoms with Gasteiger partial charge in [0.15, 0.2) is 11.6 Å². The maximum Gasteiger partial charge on any atom is 0.250 e. The molecule has 0 fully saturated rings. The van der Waals surface area contributed by atoms with E-state index < -0.39 is 5.82 Å². The molecule has 0 aliphatic rings. The molecule has 0 aliphatic heterocycles. The van der Waals surface area contributed by atoms with Gasteiger partial charge >= 0.3 is 0 Å². The van der Waals surface area contributed by atoms with E-state index in [0.29, 0.717) is 18.7 Å². The van der Waals surface area contributed by atoms with Gasteiger partial charge in [-0.1, -0.05) is 12.1 Å². The highest BCUT2D eigenvalue weighted by Crippen LogP contribution is 2.17. The fraction of sp³-hybridized carbons (Fsp3) is 0.250. The Bertz CT molecular complexity index is 713. The van der Waals surface area contributed by atoms with Gasteiger partial charge in [-0.3, -0.25) is 9.59 Å². The lowest BCUT2D eigenvalue weighted by atomic mass is 10.1. The number of nitrogens with one attached hydrogen (secondary N) is 1. The number of amides is 1. The van der Waals surface area contributed by atoms with E-state index in [0.717, 1.165) is 0 Å². The molecule has 116 valence electrons. The van der Waals surface area contributed by atoms with Crippen molar-refractivity contribution in [2.24, 2.45) is 0 Å². The van der Waals surface area contributed by atoms with E-state index in [4.69, 9.17) is 4.74 Å². The molecule has 1 amide bonds. The summed E-state index contributed by atoms with van der Waals surface area (Å²) in [5.74, 6) is -0.579. The molecule has 1 N–H and O–H groups in total. The van der Waals surface area contributed by atoms with Gasteiger partial charge in [0, 0.05) is 25.4 Å². The summed E-state index contributed by atoms with van der Waals surface area (Å²) in [6, 6.07) is 9.28. The Balaban J connectivity index is 1.84. The second-order valence-electron chi connectivity index (χ2n) is 4.73. The van der Waals surface area contributed by atoms with Gasteiger partial charge in [-0.15, -0.1) is 0 Å². The third-order valence-electron chi connectivity index (χ3n) is 3.15. The minimum Gasteiger partial charge on any atom is -0.494 e. The minimum absolute atomic E-state index is 0.0740. The van der Waals surface area contributed by atoms with Crippen LogP contribution in [0.3, 0.4) is 0 Å². The van der Waals surface area contributed by atoms with E-state index in [1.165, 1.54) is 29.9 Å². The highest BCUT2D eigenvalue weighted by Gasteiger charge is 2.07. The van der Waals surface area contributed by atoms with Crippen LogP contribution in [0.25, 0.3) is 0 Å². The first-order valence-electron chi connectivity index (χ1n) is 6.85. The van der Waals surface area contributed by atoms with E-state index >= 15 is 0 Å². The molecule has 0 spiro atoms. The third-order valence-corrected chi connectivity index (χ3v) is 3.15. The molecule has 0 unspecified atom stereocenters. The fourth-order valence-electron chi connectivity index (χ4n) is 2.03. The summed E-state index contributed by atoms with van der Waals surface area (Å²) >= 11 is 0. The average molecular weight is 304 g/mol. The number of pyridine rings is 1. The summed E-state index contributed by atoms with van der Waals surface area (Å²) in [7, 11) is 1.39. The molecule has 2 rings (SSSR count). The quantitative estimate of drug-likeness (QED) is 0.876. The molecule has 1 aromatic carbocycles. The molecule has 22 heavy (non-hydrogen) atoms. The van der Waals surface area contributed by atoms with Crippen molar-refractivity contribution in [3.8, 4) is 5.75 Å². The third kappa shape index (κ3) is 4.18. The molecule has 0 bridgehead atoms. The van der Waals surface area contributed by atoms with E-state index in [1.807, 2.05) is 0 Å². The zero-order chi connectivity index (χ0) is 15.9. The fourth-order valence-corrected chi connectivity index (χ4v) is 2.03. The molecule has 0 saturated heterocycles. The van der Waals surface area contributed by atoms with Crippen molar-refractivity contribution in [1.82, 2.24) is 9.88 Å². The van der Waals surface area contributed by atoms with Crippen LogP contribution in [-0.2, 0) is 17.8 Å². The van der Waals surface area contributed by atoms with Crippen LogP contribution in [-0.4, -0.2) is 24.1 Å². The van der Waals surface area contributed by atoms with Crippen molar-refractivity contribution in [3.63, 3.8) is 0 Å². The monoisotopic (exact) mass is 304 g/mol. The maximum atomic E-state index is 13.5. The molecule has 5 nitrogen and oxygen atoms in total. The molecular weight excluding hydrogens is 287 g/mol. The lowest BCUT2D eigenvalue weighted by Gasteiger charge is -2.08. The Hall–Kier alpha value is -2.63. The summed E-state index contributed by atoms with van der Waals surface area (Å²) in [5, 5.41) is 2.70. The number of ether oxygens (including phenoxy) is 1. The first-order valence-corrected chi connectivity index (χ1v) is 6.85. The summed E-state index contributed by atoms with van der Waals surface area (Å²) in [6.07, 6.45) is 1.73. The number of carbonyl (C=O) groups is 1. The molecule has 1 aromatic heterocycles. The Morgan fingerprint density at radius 3 is 2.82 bits per heavy atom. The number of hydrogen-bond donors (Lipinski definition) is 1. The van der Waals surface area contributed by atoms with Gasteiger partial charge in [-0.2, -0.15) is 0 Å². The zero-order valence-electron chi connectivity index (χ0n) is 12.2. The Morgan fingerprint density at radius 1 is 1.32 bits per heavy atom. The van der Waals surface area contributed by atoms with Gasteiger partial charge in [0.1, 0.15) is 0 Å². The van der Waals surface area contributed by atoms with E-state index in [9.17, 15) is 14.0 Å². The second kappa shape index (κ2) is 7.40. The van der Waals surface area contributed by atoms with Crippen LogP contribution in [0.1, 0.15) is 5.56 Å². The average Bonchev–Trinajstić information content (AvgIpc) is 2.49. The highest BCUT2D eigenvalue weighted by molar-refractivity contribution is 5.78. The van der Waals surface area contributed by atoms with E-state index in [-0.39, 0.29) is 23.6 Å². The lowest BCUT2D eigenvalue weighted by molar-refractivity contribution is -0.120. The van der Waals surface area contributed by atoms with Crippen molar-refractivity contribution >= 4 is 5.91 Å². The topological polar surface area (TPSA) is 60.3 Å². The van der Waals surface area contributed by atoms with Gasteiger partial charge < -0.3 is 14.6 Å². The molecular formula is C16H17FN2O3. The molecule has 1 heterocycles. The first kappa shape index (κ1) is 15.8. The number of methoxy groups -OCH3 is 1.